The lowest BCUT2D eigenvalue weighted by molar-refractivity contribution is 0.158. The molecule has 0 aromatic carbocycles. The molecule has 10 nitrogen and oxygen atoms in total. The van der Waals surface area contributed by atoms with Crippen LogP contribution >= 0.6 is 0 Å². The van der Waals surface area contributed by atoms with Gasteiger partial charge in [0.05, 0.1) is 0 Å². The first kappa shape index (κ1) is 32.2. The molecular weight excluding hydrogens is 470 g/mol. The third-order valence-electron chi connectivity index (χ3n) is 4.81. The number of alkyl carbamates (subject to hydrolysis) is 1. The van der Waals surface area contributed by atoms with Crippen molar-refractivity contribution in [3.05, 3.63) is 0 Å². The van der Waals surface area contributed by atoms with Crippen LogP contribution in [0.4, 0.5) is 14.4 Å². The Labute approximate surface area is 208 Å². The fraction of sp³-hybridized carbons (Fsp3) is 0.864. The van der Waals surface area contributed by atoms with Gasteiger partial charge < -0.3 is 35.4 Å². The van der Waals surface area contributed by atoms with E-state index in [0.29, 0.717) is 19.3 Å². The molecule has 2 unspecified atom stereocenters. The highest BCUT2D eigenvalue weighted by Gasteiger charge is 2.31. The second kappa shape index (κ2) is 16.8. The Morgan fingerprint density at radius 2 is 1.26 bits per heavy atom. The van der Waals surface area contributed by atoms with Crippen molar-refractivity contribution < 1.29 is 23.2 Å². The smallest absolute Gasteiger partial charge is 0.406 e. The molecule has 0 aliphatic rings. The maximum absolute atomic E-state index is 12.0. The van der Waals surface area contributed by atoms with Gasteiger partial charge in [-0.1, -0.05) is 12.8 Å². The zero-order valence-electron chi connectivity index (χ0n) is 22.6. The number of unbranched alkanes of at least 4 members (excludes halogenated alkanes) is 3. The molecule has 12 heteroatoms. The lowest BCUT2D eigenvalue weighted by atomic mass is 10.1. The summed E-state index contributed by atoms with van der Waals surface area (Å²) in [7, 11) is -2.04. The summed E-state index contributed by atoms with van der Waals surface area (Å²) in [5.41, 5.74) is 0. The molecule has 0 aromatic heterocycles. The molecule has 0 radical (unpaired) electrons. The van der Waals surface area contributed by atoms with Crippen LogP contribution in [0.2, 0.25) is 32.7 Å². The normalized spacial score (nSPS) is 13.4. The van der Waals surface area contributed by atoms with Gasteiger partial charge in [-0.3, -0.25) is 0 Å². The fourth-order valence-electron chi connectivity index (χ4n) is 3.36. The summed E-state index contributed by atoms with van der Waals surface area (Å²) in [5, 5.41) is 13.9. The third kappa shape index (κ3) is 19.7. The van der Waals surface area contributed by atoms with Crippen molar-refractivity contribution in [2.24, 2.45) is 0 Å². The first-order valence-electron chi connectivity index (χ1n) is 12.4. The highest BCUT2D eigenvalue weighted by Crippen LogP contribution is 2.14. The van der Waals surface area contributed by atoms with E-state index < -0.39 is 16.6 Å². The monoisotopic (exact) mass is 519 g/mol. The molecule has 5 amide bonds. The zero-order valence-corrected chi connectivity index (χ0v) is 24.6. The van der Waals surface area contributed by atoms with E-state index in [0.717, 1.165) is 38.5 Å². The van der Waals surface area contributed by atoms with Gasteiger partial charge in [-0.15, -0.1) is 0 Å². The van der Waals surface area contributed by atoms with E-state index >= 15 is 0 Å². The quantitative estimate of drug-likeness (QED) is 0.157. The van der Waals surface area contributed by atoms with E-state index in [-0.39, 0.29) is 30.2 Å². The SMILES string of the molecule is CNC(=O)NC(C)CCC(C)NC(=O)NCCCCCCNC(=O)OC[Si](C)(C)O[Si](C)(C)C. The van der Waals surface area contributed by atoms with Gasteiger partial charge in [-0.05, 0) is 72.3 Å². The molecule has 0 aliphatic heterocycles. The van der Waals surface area contributed by atoms with Gasteiger partial charge >= 0.3 is 18.2 Å². The first-order chi connectivity index (χ1) is 15.7. The largest absolute Gasteiger partial charge is 0.454 e. The van der Waals surface area contributed by atoms with Crippen molar-refractivity contribution in [2.45, 2.75) is 97.2 Å². The molecule has 0 heterocycles. The summed E-state index contributed by atoms with van der Waals surface area (Å²) in [6, 6.07) is -0.306. The summed E-state index contributed by atoms with van der Waals surface area (Å²) < 4.78 is 11.5. The van der Waals surface area contributed by atoms with Gasteiger partial charge in [-0.2, -0.15) is 0 Å². The Morgan fingerprint density at radius 3 is 1.76 bits per heavy atom. The molecule has 0 bridgehead atoms. The second-order valence-electron chi connectivity index (χ2n) is 10.4. The number of hydrogen-bond acceptors (Lipinski definition) is 5. The van der Waals surface area contributed by atoms with Crippen LogP contribution in [-0.2, 0) is 8.85 Å². The Hall–Kier alpha value is -1.80. The average molecular weight is 520 g/mol. The highest BCUT2D eigenvalue weighted by atomic mass is 28.4. The van der Waals surface area contributed by atoms with Crippen LogP contribution in [0.25, 0.3) is 0 Å². The van der Waals surface area contributed by atoms with Gasteiger partial charge in [0.25, 0.3) is 0 Å². The number of nitrogens with one attached hydrogen (secondary N) is 5. The van der Waals surface area contributed by atoms with Crippen LogP contribution in [0.5, 0.6) is 0 Å². The summed E-state index contributed by atoms with van der Waals surface area (Å²) in [5.74, 6) is 0. The maximum atomic E-state index is 12.0. The number of ether oxygens (including phenoxy) is 1. The van der Waals surface area contributed by atoms with E-state index in [1.165, 1.54) is 0 Å². The number of hydrogen-bond donors (Lipinski definition) is 5. The number of urea groups is 2. The van der Waals surface area contributed by atoms with Crippen molar-refractivity contribution in [1.29, 1.82) is 0 Å². The first-order valence-corrected chi connectivity index (χ1v) is 18.9. The topological polar surface area (TPSA) is 130 Å². The van der Waals surface area contributed by atoms with E-state index in [1.54, 1.807) is 7.05 Å². The van der Waals surface area contributed by atoms with Crippen molar-refractivity contribution in [1.82, 2.24) is 26.6 Å². The van der Waals surface area contributed by atoms with Crippen LogP contribution in [0.1, 0.15) is 52.4 Å². The molecule has 0 rings (SSSR count). The highest BCUT2D eigenvalue weighted by molar-refractivity contribution is 6.84. The van der Waals surface area contributed by atoms with Gasteiger partial charge in [0, 0.05) is 32.2 Å². The van der Waals surface area contributed by atoms with Crippen molar-refractivity contribution in [3.63, 3.8) is 0 Å². The van der Waals surface area contributed by atoms with Crippen LogP contribution in [0.15, 0.2) is 0 Å². The number of carbonyl (C=O) groups is 3. The molecule has 0 spiro atoms. The molecule has 0 aromatic rings. The lowest BCUT2D eigenvalue weighted by Gasteiger charge is -2.30. The van der Waals surface area contributed by atoms with Crippen molar-refractivity contribution >= 4 is 34.8 Å². The van der Waals surface area contributed by atoms with E-state index in [2.05, 4.69) is 59.3 Å². The predicted octanol–water partition coefficient (Wildman–Crippen LogP) is 3.65. The average Bonchev–Trinajstić information content (AvgIpc) is 2.70. The van der Waals surface area contributed by atoms with Crippen molar-refractivity contribution in [2.75, 3.05) is 26.4 Å². The van der Waals surface area contributed by atoms with E-state index in [1.807, 2.05) is 13.8 Å². The lowest BCUT2D eigenvalue weighted by Crippen LogP contribution is -2.47. The second-order valence-corrected chi connectivity index (χ2v) is 19.2. The molecule has 0 aliphatic carbocycles. The van der Waals surface area contributed by atoms with Crippen LogP contribution in [-0.4, -0.2) is 73.2 Å². The van der Waals surface area contributed by atoms with Crippen LogP contribution < -0.4 is 26.6 Å². The third-order valence-corrected chi connectivity index (χ3v) is 10.3. The number of carbonyl (C=O) groups excluding carboxylic acids is 3. The minimum Gasteiger partial charge on any atom is -0.454 e. The summed E-state index contributed by atoms with van der Waals surface area (Å²) in [6.45, 7) is 15.6. The molecule has 5 N–H and O–H groups in total. The van der Waals surface area contributed by atoms with Crippen LogP contribution in [0.3, 0.4) is 0 Å². The molecule has 0 saturated carbocycles. The molecule has 2 atom stereocenters. The van der Waals surface area contributed by atoms with Gasteiger partial charge in [0.2, 0.25) is 8.32 Å². The summed E-state index contributed by atoms with van der Waals surface area (Å²) in [6.07, 6.45) is 5.23. The van der Waals surface area contributed by atoms with E-state index in [9.17, 15) is 14.4 Å². The van der Waals surface area contributed by atoms with Crippen LogP contribution in [0, 0.1) is 0 Å². The maximum Gasteiger partial charge on any atom is 0.406 e. The van der Waals surface area contributed by atoms with E-state index in [4.69, 9.17) is 8.85 Å². The fourth-order valence-corrected chi connectivity index (χ4v) is 10.7. The summed E-state index contributed by atoms with van der Waals surface area (Å²) in [4.78, 5) is 35.1. The zero-order chi connectivity index (χ0) is 26.2. The minimum absolute atomic E-state index is 0.0233. The molecular formula is C22H49N5O5Si2. The Balaban J connectivity index is 3.72. The Kier molecular flexibility index (Phi) is 15.9. The Bertz CT molecular complexity index is 617. The number of amides is 5. The molecule has 0 saturated heterocycles. The summed E-state index contributed by atoms with van der Waals surface area (Å²) >= 11 is 0. The minimum atomic E-state index is -1.99. The molecule has 0 fully saturated rings. The Morgan fingerprint density at radius 1 is 0.765 bits per heavy atom. The standard InChI is InChI=1S/C22H49N5O5Si2/c1-18(26-20(28)23-3)13-14-19(2)27-21(29)24-15-11-9-10-12-16-25-22(30)31-17-34(7,8)32-33(4,5)6/h18-19H,9-17H2,1-8H3,(H,25,30)(H2,23,26,28)(H2,24,27,29). The van der Waals surface area contributed by atoms with Gasteiger partial charge in [0.15, 0.2) is 8.32 Å². The van der Waals surface area contributed by atoms with Gasteiger partial charge in [-0.25, -0.2) is 14.4 Å². The predicted molar refractivity (Wildman–Crippen MR) is 142 cm³/mol. The number of rotatable bonds is 16. The van der Waals surface area contributed by atoms with Crippen molar-refractivity contribution in [3.8, 4) is 0 Å². The molecule has 34 heavy (non-hydrogen) atoms. The van der Waals surface area contributed by atoms with Gasteiger partial charge in [0.1, 0.15) is 6.23 Å². The molecule has 200 valence electrons.